The molecule has 3 heteroatoms. The fourth-order valence-corrected chi connectivity index (χ4v) is 2.71. The Balaban J connectivity index is 2.17. The monoisotopic (exact) mass is 202 g/mol. The van der Waals surface area contributed by atoms with E-state index in [0.29, 0.717) is 6.04 Å². The minimum Gasteiger partial charge on any atom is -0.327 e. The molecule has 0 aliphatic carbocycles. The van der Waals surface area contributed by atoms with Gasteiger partial charge < -0.3 is 10.6 Å². The number of nitrogens with two attached hydrogens (primary N) is 1. The quantitative estimate of drug-likeness (QED) is 0.699. The molecule has 1 heterocycles. The van der Waals surface area contributed by atoms with Gasteiger partial charge in [0, 0.05) is 31.4 Å². The Hall–Kier alpha value is 0.270. The largest absolute Gasteiger partial charge is 0.327 e. The third kappa shape index (κ3) is 4.34. The molecule has 0 bridgehead atoms. The molecule has 0 aromatic carbocycles. The van der Waals surface area contributed by atoms with Crippen LogP contribution in [0.5, 0.6) is 0 Å². The van der Waals surface area contributed by atoms with Crippen molar-refractivity contribution >= 4 is 11.8 Å². The van der Waals surface area contributed by atoms with Gasteiger partial charge in [0.2, 0.25) is 0 Å². The second-order valence-corrected chi connectivity index (χ2v) is 5.45. The second-order valence-electron chi connectivity index (χ2n) is 4.06. The maximum Gasteiger partial charge on any atom is 0.0170 e. The van der Waals surface area contributed by atoms with Crippen LogP contribution in [0.15, 0.2) is 0 Å². The normalized spacial score (nSPS) is 30.7. The van der Waals surface area contributed by atoms with Crippen LogP contribution in [-0.4, -0.2) is 42.1 Å². The molecule has 1 saturated heterocycles. The van der Waals surface area contributed by atoms with E-state index in [2.05, 4.69) is 18.7 Å². The van der Waals surface area contributed by atoms with Crippen LogP contribution in [0, 0.1) is 5.92 Å². The van der Waals surface area contributed by atoms with Crippen LogP contribution in [0.4, 0.5) is 0 Å². The van der Waals surface area contributed by atoms with Gasteiger partial charge in [-0.1, -0.05) is 13.8 Å². The molecule has 0 spiro atoms. The van der Waals surface area contributed by atoms with Gasteiger partial charge in [-0.05, 0) is 18.1 Å². The Kier molecular flexibility index (Phi) is 5.14. The molecule has 1 aliphatic heterocycles. The second kappa shape index (κ2) is 5.89. The molecule has 2 nitrogen and oxygen atoms in total. The average molecular weight is 202 g/mol. The number of thioether (sulfide) groups is 1. The van der Waals surface area contributed by atoms with Gasteiger partial charge in [-0.25, -0.2) is 0 Å². The van der Waals surface area contributed by atoms with Gasteiger partial charge in [-0.3, -0.25) is 0 Å². The molecule has 78 valence electrons. The predicted molar refractivity (Wildman–Crippen MR) is 61.2 cm³/mol. The van der Waals surface area contributed by atoms with Crippen LogP contribution in [0.25, 0.3) is 0 Å². The molecule has 2 atom stereocenters. The highest BCUT2D eigenvalue weighted by atomic mass is 32.2. The Bertz CT molecular complexity index is 131. The van der Waals surface area contributed by atoms with E-state index in [1.54, 1.807) is 0 Å². The van der Waals surface area contributed by atoms with E-state index in [1.807, 2.05) is 11.8 Å². The van der Waals surface area contributed by atoms with Crippen molar-refractivity contribution in [2.75, 3.05) is 31.1 Å². The molecule has 2 unspecified atom stereocenters. The molecule has 1 aliphatic rings. The van der Waals surface area contributed by atoms with Gasteiger partial charge in [0.15, 0.2) is 0 Å². The van der Waals surface area contributed by atoms with Crippen LogP contribution in [0.2, 0.25) is 0 Å². The third-order valence-electron chi connectivity index (χ3n) is 2.52. The summed E-state index contributed by atoms with van der Waals surface area (Å²) < 4.78 is 0. The van der Waals surface area contributed by atoms with Gasteiger partial charge in [0.25, 0.3) is 0 Å². The number of piperidine rings is 1. The minimum atomic E-state index is 0.412. The molecule has 0 aromatic heterocycles. The van der Waals surface area contributed by atoms with Crippen molar-refractivity contribution < 1.29 is 0 Å². The van der Waals surface area contributed by atoms with E-state index in [1.165, 1.54) is 31.0 Å². The van der Waals surface area contributed by atoms with Gasteiger partial charge in [-0.15, -0.1) is 0 Å². The summed E-state index contributed by atoms with van der Waals surface area (Å²) in [6, 6.07) is 0.412. The molecular weight excluding hydrogens is 180 g/mol. The molecule has 1 fully saturated rings. The maximum atomic E-state index is 5.97. The van der Waals surface area contributed by atoms with Crippen LogP contribution in [-0.2, 0) is 0 Å². The highest BCUT2D eigenvalue weighted by molar-refractivity contribution is 7.99. The lowest BCUT2D eigenvalue weighted by molar-refractivity contribution is 0.174. The first-order valence-corrected chi connectivity index (χ1v) is 6.43. The molecule has 0 amide bonds. The molecule has 2 N–H and O–H groups in total. The van der Waals surface area contributed by atoms with Crippen LogP contribution in [0.3, 0.4) is 0 Å². The van der Waals surface area contributed by atoms with Crippen molar-refractivity contribution in [2.45, 2.75) is 26.3 Å². The van der Waals surface area contributed by atoms with E-state index in [0.717, 1.165) is 12.5 Å². The zero-order valence-corrected chi connectivity index (χ0v) is 9.65. The number of nitrogens with zero attached hydrogens (tertiary/aromatic N) is 1. The first-order chi connectivity index (χ1) is 6.22. The number of likely N-dealkylation sites (tertiary alicyclic amines) is 1. The molecule has 0 aromatic rings. The first-order valence-electron chi connectivity index (χ1n) is 5.28. The van der Waals surface area contributed by atoms with E-state index >= 15 is 0 Å². The summed E-state index contributed by atoms with van der Waals surface area (Å²) >= 11 is 2.02. The summed E-state index contributed by atoms with van der Waals surface area (Å²) in [7, 11) is 0. The Morgan fingerprint density at radius 2 is 2.23 bits per heavy atom. The van der Waals surface area contributed by atoms with Gasteiger partial charge >= 0.3 is 0 Å². The van der Waals surface area contributed by atoms with Crippen molar-refractivity contribution in [3.63, 3.8) is 0 Å². The number of hydrogen-bond donors (Lipinski definition) is 1. The Morgan fingerprint density at radius 1 is 1.46 bits per heavy atom. The fraction of sp³-hybridized carbons (Fsp3) is 1.00. The first kappa shape index (κ1) is 11.3. The topological polar surface area (TPSA) is 29.3 Å². The summed E-state index contributed by atoms with van der Waals surface area (Å²) in [5, 5.41) is 0. The molecule has 0 radical (unpaired) electrons. The maximum absolute atomic E-state index is 5.97. The van der Waals surface area contributed by atoms with E-state index in [-0.39, 0.29) is 0 Å². The minimum absolute atomic E-state index is 0.412. The Labute approximate surface area is 86.2 Å². The average Bonchev–Trinajstić information content (AvgIpc) is 2.03. The van der Waals surface area contributed by atoms with Gasteiger partial charge in [0.05, 0.1) is 0 Å². The SMILES string of the molecule is CCSCCN1CC(C)CC(N)C1. The van der Waals surface area contributed by atoms with E-state index in [4.69, 9.17) is 5.73 Å². The summed E-state index contributed by atoms with van der Waals surface area (Å²) in [6.07, 6.45) is 1.21. The summed E-state index contributed by atoms with van der Waals surface area (Å²) in [5.41, 5.74) is 5.97. The summed E-state index contributed by atoms with van der Waals surface area (Å²) in [4.78, 5) is 2.52. The lowest BCUT2D eigenvalue weighted by atomic mass is 9.97. The van der Waals surface area contributed by atoms with Crippen molar-refractivity contribution in [1.29, 1.82) is 0 Å². The lowest BCUT2D eigenvalue weighted by Gasteiger charge is -2.34. The summed E-state index contributed by atoms with van der Waals surface area (Å²) in [5.74, 6) is 3.28. The highest BCUT2D eigenvalue weighted by Gasteiger charge is 2.21. The third-order valence-corrected chi connectivity index (χ3v) is 3.40. The van der Waals surface area contributed by atoms with Crippen molar-refractivity contribution in [2.24, 2.45) is 11.7 Å². The zero-order valence-electron chi connectivity index (χ0n) is 8.83. The van der Waals surface area contributed by atoms with Crippen LogP contribution in [0.1, 0.15) is 20.3 Å². The van der Waals surface area contributed by atoms with E-state index in [9.17, 15) is 0 Å². The number of hydrogen-bond acceptors (Lipinski definition) is 3. The molecule has 13 heavy (non-hydrogen) atoms. The lowest BCUT2D eigenvalue weighted by Crippen LogP contribution is -2.46. The van der Waals surface area contributed by atoms with Crippen molar-refractivity contribution in [1.82, 2.24) is 4.90 Å². The summed E-state index contributed by atoms with van der Waals surface area (Å²) in [6.45, 7) is 8.09. The molecule has 0 saturated carbocycles. The van der Waals surface area contributed by atoms with Gasteiger partial charge in [-0.2, -0.15) is 11.8 Å². The van der Waals surface area contributed by atoms with Crippen molar-refractivity contribution in [3.05, 3.63) is 0 Å². The zero-order chi connectivity index (χ0) is 9.68. The predicted octanol–water partition coefficient (Wildman–Crippen LogP) is 1.41. The standard InChI is InChI=1S/C10H22N2S/c1-3-13-5-4-12-7-9(2)6-10(11)8-12/h9-10H,3-8,11H2,1-2H3. The molecular formula is C10H22N2S. The highest BCUT2D eigenvalue weighted by Crippen LogP contribution is 2.15. The van der Waals surface area contributed by atoms with Crippen LogP contribution >= 0.6 is 11.8 Å². The van der Waals surface area contributed by atoms with Crippen molar-refractivity contribution in [3.8, 4) is 0 Å². The Morgan fingerprint density at radius 3 is 2.85 bits per heavy atom. The fourth-order valence-electron chi connectivity index (χ4n) is 2.03. The number of rotatable bonds is 4. The van der Waals surface area contributed by atoms with Gasteiger partial charge in [0.1, 0.15) is 0 Å². The smallest absolute Gasteiger partial charge is 0.0170 e. The van der Waals surface area contributed by atoms with Crippen LogP contribution < -0.4 is 5.73 Å². The molecule has 1 rings (SSSR count). The van der Waals surface area contributed by atoms with E-state index < -0.39 is 0 Å².